The van der Waals surface area contributed by atoms with Crippen molar-refractivity contribution in [2.45, 2.75) is 17.9 Å². The zero-order valence-corrected chi connectivity index (χ0v) is 17.6. The molecule has 10 nitrogen and oxygen atoms in total. The predicted octanol–water partition coefficient (Wildman–Crippen LogP) is 1.29. The Balaban J connectivity index is -0.000000164. The Morgan fingerprint density at radius 3 is 1.31 bits per heavy atom. The first-order valence-electron chi connectivity index (χ1n) is 6.50. The van der Waals surface area contributed by atoms with Gasteiger partial charge in [-0.25, -0.2) is 21.6 Å². The van der Waals surface area contributed by atoms with Crippen LogP contribution in [-0.4, -0.2) is 81.7 Å². The summed E-state index contributed by atoms with van der Waals surface area (Å²) >= 11 is 0. The van der Waals surface area contributed by atoms with E-state index in [1.54, 1.807) is 6.92 Å². The Morgan fingerprint density at radius 2 is 1.17 bits per heavy atom. The smallest absolute Gasteiger partial charge is 0.485 e. The molecular weight excluding hydrogens is 466 g/mol. The highest BCUT2D eigenvalue weighted by Gasteiger charge is 2.37. The second-order valence-corrected chi connectivity index (χ2v) is 8.47. The number of carbonyl (C=O) groups excluding carboxylic acids is 1. The van der Waals surface area contributed by atoms with Gasteiger partial charge in [0.15, 0.2) is 20.2 Å². The van der Waals surface area contributed by atoms with Crippen LogP contribution in [0, 0.1) is 0 Å². The molecule has 0 rings (SSSR count). The Kier molecular flexibility index (Phi) is 14.8. The van der Waals surface area contributed by atoms with Crippen LogP contribution in [0.3, 0.4) is 0 Å². The van der Waals surface area contributed by atoms with Gasteiger partial charge in [0.1, 0.15) is 13.2 Å². The largest absolute Gasteiger partial charge is 0.741 e. The predicted molar refractivity (Wildman–Crippen MR) is 86.2 cm³/mol. The van der Waals surface area contributed by atoms with E-state index in [1.165, 1.54) is 0 Å². The number of quaternary nitrogens is 2. The number of esters is 1. The van der Waals surface area contributed by atoms with Gasteiger partial charge in [0, 0.05) is 5.57 Å². The molecule has 0 atom stereocenters. The molecule has 0 fully saturated rings. The summed E-state index contributed by atoms with van der Waals surface area (Å²) in [6, 6.07) is 0. The fourth-order valence-electron chi connectivity index (χ4n) is 0.535. The standard InChI is InChI=1S/C9H18NO2.2CHF3O3S.H3N/c1-8(2)9(11)12-7-6-10(3,4)5;2*2-1(3,4)8(5,6)7;/h1,6-7H2,2-5H3;2*(H,5,6,7);1H3/q+1;;;/p-1. The number of likely N-dealkylation sites (N-methyl/N-ethyl adjacent to an activating group) is 1. The van der Waals surface area contributed by atoms with Gasteiger partial charge in [0.05, 0.1) is 21.1 Å². The van der Waals surface area contributed by atoms with E-state index in [-0.39, 0.29) is 12.1 Å². The number of nitrogens with zero attached hydrogens (tertiary/aromatic N) is 1. The lowest BCUT2D eigenvalue weighted by Gasteiger charge is -2.23. The number of alkyl halides is 6. The quantitative estimate of drug-likeness (QED) is 0.154. The Hall–Kier alpha value is -1.47. The topological polar surface area (TPSA) is 177 Å². The maximum absolute atomic E-state index is 10.9. The monoisotopic (exact) mass is 488 g/mol. The second-order valence-electron chi connectivity index (χ2n) is 5.73. The van der Waals surface area contributed by atoms with Crippen molar-refractivity contribution in [3.8, 4) is 0 Å². The summed E-state index contributed by atoms with van der Waals surface area (Å²) in [4.78, 5) is 10.9. The van der Waals surface area contributed by atoms with E-state index >= 15 is 0 Å². The highest BCUT2D eigenvalue weighted by atomic mass is 32.2. The lowest BCUT2D eigenvalue weighted by atomic mass is 10.4. The lowest BCUT2D eigenvalue weighted by molar-refractivity contribution is -0.870. The normalized spacial score (nSPS) is 12.3. The summed E-state index contributed by atoms with van der Waals surface area (Å²) in [5.41, 5.74) is -10.8. The molecule has 178 valence electrons. The zero-order chi connectivity index (χ0) is 23.8. The highest BCUT2D eigenvalue weighted by Crippen LogP contribution is 2.21. The number of hydrogen-bond donors (Lipinski definition) is 1. The van der Waals surface area contributed by atoms with E-state index in [2.05, 4.69) is 27.7 Å². The van der Waals surface area contributed by atoms with Crippen LogP contribution in [0.1, 0.15) is 6.92 Å². The maximum Gasteiger partial charge on any atom is 0.485 e. The van der Waals surface area contributed by atoms with Gasteiger partial charge in [-0.1, -0.05) is 6.58 Å². The van der Waals surface area contributed by atoms with Gasteiger partial charge in [-0.05, 0) is 6.92 Å². The molecule has 0 unspecified atom stereocenters. The third kappa shape index (κ3) is 21.1. The van der Waals surface area contributed by atoms with Crippen LogP contribution < -0.4 is 6.15 Å². The fourth-order valence-corrected chi connectivity index (χ4v) is 0.535. The number of hydrogen-bond acceptors (Lipinski definition) is 8. The third-order valence-electron chi connectivity index (χ3n) is 1.91. The molecule has 0 amide bonds. The van der Waals surface area contributed by atoms with Gasteiger partial charge in [-0.15, -0.1) is 0 Å². The van der Waals surface area contributed by atoms with Crippen molar-refractivity contribution in [1.82, 2.24) is 6.15 Å². The van der Waals surface area contributed by atoms with E-state index in [1.807, 2.05) is 0 Å². The van der Waals surface area contributed by atoms with Gasteiger partial charge in [0.2, 0.25) is 0 Å². The van der Waals surface area contributed by atoms with E-state index in [9.17, 15) is 31.1 Å². The highest BCUT2D eigenvalue weighted by molar-refractivity contribution is 7.86. The summed E-state index contributed by atoms with van der Waals surface area (Å²) < 4.78 is 124. The molecular formula is C11H22F6N2O8S2. The first-order valence-corrected chi connectivity index (χ1v) is 9.32. The molecule has 0 aromatic carbocycles. The Morgan fingerprint density at radius 1 is 0.931 bits per heavy atom. The van der Waals surface area contributed by atoms with Crippen molar-refractivity contribution in [3.63, 3.8) is 0 Å². The Labute approximate surface area is 163 Å². The molecule has 0 saturated heterocycles. The van der Waals surface area contributed by atoms with Gasteiger partial charge in [0.25, 0.3) is 0 Å². The molecule has 0 aromatic rings. The molecule has 4 N–H and O–H groups in total. The minimum Gasteiger partial charge on any atom is -0.741 e. The summed E-state index contributed by atoms with van der Waals surface area (Å²) in [7, 11) is -6.03. The molecule has 0 aliphatic rings. The van der Waals surface area contributed by atoms with E-state index < -0.39 is 31.3 Å². The first-order chi connectivity index (χ1) is 11.8. The SMILES string of the molecule is C=C(C)C(=O)OCC[N+](C)(C)C.O=S(=O)([O-])C(F)(F)F.O=S(=O)([O-])C(F)(F)F.[NH4+]. The number of rotatable bonds is 4. The van der Waals surface area contributed by atoms with E-state index in [4.69, 9.17) is 30.7 Å². The van der Waals surface area contributed by atoms with Gasteiger partial charge < -0.3 is 24.5 Å². The van der Waals surface area contributed by atoms with Crippen LogP contribution in [0.5, 0.6) is 0 Å². The van der Waals surface area contributed by atoms with Gasteiger partial charge >= 0.3 is 17.0 Å². The van der Waals surface area contributed by atoms with Gasteiger partial charge in [-0.3, -0.25) is 0 Å². The van der Waals surface area contributed by atoms with Crippen molar-refractivity contribution in [1.29, 1.82) is 0 Å². The van der Waals surface area contributed by atoms with Crippen molar-refractivity contribution >= 4 is 26.2 Å². The lowest BCUT2D eigenvalue weighted by Crippen LogP contribution is -2.38. The maximum atomic E-state index is 10.9. The molecule has 0 spiro atoms. The van der Waals surface area contributed by atoms with Crippen LogP contribution in [0.25, 0.3) is 0 Å². The molecule has 0 radical (unpaired) electrons. The van der Waals surface area contributed by atoms with Crippen LogP contribution in [0.2, 0.25) is 0 Å². The molecule has 0 saturated carbocycles. The van der Waals surface area contributed by atoms with Crippen LogP contribution in [0.15, 0.2) is 12.2 Å². The van der Waals surface area contributed by atoms with Crippen molar-refractivity contribution in [3.05, 3.63) is 12.2 Å². The first kappa shape index (κ1) is 35.0. The van der Waals surface area contributed by atoms with Crippen molar-refractivity contribution in [2.75, 3.05) is 34.3 Å². The molecule has 0 aromatic heterocycles. The van der Waals surface area contributed by atoms with Gasteiger partial charge in [-0.2, -0.15) is 26.3 Å². The van der Waals surface area contributed by atoms with Crippen molar-refractivity contribution < 1.29 is 66.3 Å². The molecule has 18 heteroatoms. The molecule has 29 heavy (non-hydrogen) atoms. The van der Waals surface area contributed by atoms with E-state index in [0.717, 1.165) is 11.0 Å². The number of carbonyl (C=O) groups is 1. The van der Waals surface area contributed by atoms with Crippen LogP contribution >= 0.6 is 0 Å². The van der Waals surface area contributed by atoms with Crippen LogP contribution in [-0.2, 0) is 29.8 Å². The summed E-state index contributed by atoms with van der Waals surface area (Å²) in [5, 5.41) is 0. The van der Waals surface area contributed by atoms with E-state index in [0.29, 0.717) is 12.2 Å². The Bertz CT molecular complexity index is 682. The molecule has 0 aliphatic heterocycles. The molecule has 0 heterocycles. The zero-order valence-electron chi connectivity index (χ0n) is 15.9. The summed E-state index contributed by atoms with van der Waals surface area (Å²) in [6.07, 6.45) is 0. The molecule has 0 aliphatic carbocycles. The summed E-state index contributed by atoms with van der Waals surface area (Å²) in [6.45, 7) is 6.41. The van der Waals surface area contributed by atoms with Crippen molar-refractivity contribution in [2.24, 2.45) is 0 Å². The summed E-state index contributed by atoms with van der Waals surface area (Å²) in [5.74, 6) is -0.302. The number of ether oxygens (including phenoxy) is 1. The average molecular weight is 488 g/mol. The number of halogens is 6. The second kappa shape index (κ2) is 12.3. The minimum absolute atomic E-state index is 0. The minimum atomic E-state index is -6.09. The van der Waals surface area contributed by atoms with Crippen LogP contribution in [0.4, 0.5) is 26.3 Å². The third-order valence-corrected chi connectivity index (χ3v) is 3.04. The fraction of sp³-hybridized carbons (Fsp3) is 0.727. The molecule has 0 bridgehead atoms. The average Bonchev–Trinajstić information content (AvgIpc) is 2.33.